The molecule has 6 nitrogen and oxygen atoms in total. The summed E-state index contributed by atoms with van der Waals surface area (Å²) in [6.07, 6.45) is 0.698. The molecule has 0 saturated carbocycles. The molecule has 1 saturated heterocycles. The van der Waals surface area contributed by atoms with E-state index >= 15 is 0 Å². The second kappa shape index (κ2) is 9.34. The third-order valence-corrected chi connectivity index (χ3v) is 5.98. The molecule has 1 atom stereocenters. The summed E-state index contributed by atoms with van der Waals surface area (Å²) in [5, 5.41) is 14.2. The van der Waals surface area contributed by atoms with Crippen molar-refractivity contribution in [3.8, 4) is 5.69 Å². The number of piperazine rings is 1. The molecule has 2 aromatic heterocycles. The topological polar surface area (TPSA) is 57.7 Å². The van der Waals surface area contributed by atoms with Crippen LogP contribution >= 0.6 is 0 Å². The summed E-state index contributed by atoms with van der Waals surface area (Å²) < 4.78 is 21.8. The highest BCUT2D eigenvalue weighted by Crippen LogP contribution is 2.23. The maximum atomic E-state index is 14.1. The minimum absolute atomic E-state index is 0.142. The largest absolute Gasteiger partial charge is 0.465 e. The summed E-state index contributed by atoms with van der Waals surface area (Å²) >= 11 is 0. The number of aromatic nitrogens is 2. The van der Waals surface area contributed by atoms with E-state index in [0.717, 1.165) is 60.3 Å². The van der Waals surface area contributed by atoms with Gasteiger partial charge in [0.2, 0.25) is 0 Å². The van der Waals surface area contributed by atoms with Crippen LogP contribution in [0.2, 0.25) is 0 Å². The molecule has 0 unspecified atom stereocenters. The van der Waals surface area contributed by atoms with Gasteiger partial charge in [0.1, 0.15) is 17.3 Å². The molecular weight excluding hydrogens is 395 g/mol. The molecule has 1 aliphatic rings. The Morgan fingerprint density at radius 3 is 2.61 bits per heavy atom. The summed E-state index contributed by atoms with van der Waals surface area (Å²) in [5.74, 6) is 1.62. The van der Waals surface area contributed by atoms with Crippen molar-refractivity contribution in [3.63, 3.8) is 0 Å². The summed E-state index contributed by atoms with van der Waals surface area (Å²) in [6, 6.07) is 11.2. The number of hydrogen-bond acceptors (Lipinski definition) is 5. The zero-order chi connectivity index (χ0) is 22.0. The molecule has 0 aliphatic carbocycles. The highest BCUT2D eigenvalue weighted by molar-refractivity contribution is 5.42. The van der Waals surface area contributed by atoms with Crippen LogP contribution in [0.1, 0.15) is 34.9 Å². The fraction of sp³-hybridized carbons (Fsp3) is 0.458. The standard InChI is InChI=1S/C24H31FN4O2/c1-17-12-18(2)29(26-17)24-7-5-21(25)13-20(24)14-27-9-10-28(22(15-27)8-11-30)16-23-6-4-19(3)31-23/h4-7,12-13,22,30H,8-11,14-16H2,1-3H3/t22-/m1/s1. The Bertz CT molecular complexity index is 1030. The fourth-order valence-electron chi connectivity index (χ4n) is 4.50. The first kappa shape index (κ1) is 21.7. The minimum Gasteiger partial charge on any atom is -0.465 e. The summed E-state index contributed by atoms with van der Waals surface area (Å²) in [4.78, 5) is 4.71. The number of rotatable bonds is 7. The Morgan fingerprint density at radius 2 is 1.94 bits per heavy atom. The van der Waals surface area contributed by atoms with Gasteiger partial charge in [0.15, 0.2) is 0 Å². The highest BCUT2D eigenvalue weighted by Gasteiger charge is 2.28. The zero-order valence-electron chi connectivity index (χ0n) is 18.5. The van der Waals surface area contributed by atoms with Gasteiger partial charge in [0.25, 0.3) is 0 Å². The van der Waals surface area contributed by atoms with E-state index in [1.165, 1.54) is 6.07 Å². The molecule has 1 fully saturated rings. The van der Waals surface area contributed by atoms with Crippen LogP contribution < -0.4 is 0 Å². The molecule has 0 bridgehead atoms. The van der Waals surface area contributed by atoms with Gasteiger partial charge in [-0.25, -0.2) is 9.07 Å². The van der Waals surface area contributed by atoms with E-state index in [2.05, 4.69) is 14.9 Å². The molecular formula is C24H31FN4O2. The van der Waals surface area contributed by atoms with Gasteiger partial charge < -0.3 is 9.52 Å². The van der Waals surface area contributed by atoms with Crippen molar-refractivity contribution in [3.05, 3.63) is 70.7 Å². The lowest BCUT2D eigenvalue weighted by Crippen LogP contribution is -2.52. The van der Waals surface area contributed by atoms with Crippen molar-refractivity contribution in [1.82, 2.24) is 19.6 Å². The van der Waals surface area contributed by atoms with Crippen LogP contribution in [0, 0.1) is 26.6 Å². The van der Waals surface area contributed by atoms with Crippen molar-refractivity contribution in [2.24, 2.45) is 0 Å². The van der Waals surface area contributed by atoms with E-state index in [4.69, 9.17) is 4.42 Å². The number of nitrogens with zero attached hydrogens (tertiary/aromatic N) is 4. The Hall–Kier alpha value is -2.48. The SMILES string of the molecule is Cc1cc(C)n(-c2ccc(F)cc2CN2CCN(Cc3ccc(C)o3)[C@H](CCO)C2)n1. The number of aliphatic hydroxyl groups is 1. The summed E-state index contributed by atoms with van der Waals surface area (Å²) in [6.45, 7) is 10.0. The smallest absolute Gasteiger partial charge is 0.123 e. The first-order valence-corrected chi connectivity index (χ1v) is 10.9. The van der Waals surface area contributed by atoms with Crippen molar-refractivity contribution in [2.75, 3.05) is 26.2 Å². The van der Waals surface area contributed by atoms with Crippen molar-refractivity contribution in [1.29, 1.82) is 0 Å². The monoisotopic (exact) mass is 426 g/mol. The van der Waals surface area contributed by atoms with Crippen LogP contribution in [0.3, 0.4) is 0 Å². The quantitative estimate of drug-likeness (QED) is 0.626. The molecule has 3 aromatic rings. The molecule has 3 heterocycles. The van der Waals surface area contributed by atoms with Crippen molar-refractivity contribution in [2.45, 2.75) is 46.3 Å². The zero-order valence-corrected chi connectivity index (χ0v) is 18.5. The number of hydrogen-bond donors (Lipinski definition) is 1. The predicted octanol–water partition coefficient (Wildman–Crippen LogP) is 3.60. The molecule has 166 valence electrons. The molecule has 0 spiro atoms. The maximum absolute atomic E-state index is 14.1. The van der Waals surface area contributed by atoms with Crippen molar-refractivity contribution >= 4 is 0 Å². The minimum atomic E-state index is -0.237. The van der Waals surface area contributed by atoms with Gasteiger partial charge in [0, 0.05) is 44.5 Å². The molecule has 1 N–H and O–H groups in total. The van der Waals surface area contributed by atoms with E-state index in [9.17, 15) is 9.50 Å². The third-order valence-electron chi connectivity index (χ3n) is 5.98. The van der Waals surface area contributed by atoms with Crippen molar-refractivity contribution < 1.29 is 13.9 Å². The molecule has 7 heteroatoms. The average Bonchev–Trinajstić information content (AvgIpc) is 3.28. The molecule has 4 rings (SSSR count). The first-order valence-electron chi connectivity index (χ1n) is 10.9. The number of benzene rings is 1. The molecule has 1 aliphatic heterocycles. The van der Waals surface area contributed by atoms with Gasteiger partial charge in [-0.15, -0.1) is 0 Å². The molecule has 31 heavy (non-hydrogen) atoms. The summed E-state index contributed by atoms with van der Waals surface area (Å²) in [5.41, 5.74) is 3.81. The number of aliphatic hydroxyl groups excluding tert-OH is 1. The van der Waals surface area contributed by atoms with E-state index in [1.807, 2.05) is 49.7 Å². The lowest BCUT2D eigenvalue weighted by Gasteiger charge is -2.41. The van der Waals surface area contributed by atoms with Gasteiger partial charge in [-0.3, -0.25) is 9.80 Å². The van der Waals surface area contributed by atoms with E-state index in [0.29, 0.717) is 13.0 Å². The Balaban J connectivity index is 1.51. The second-order valence-corrected chi connectivity index (χ2v) is 8.50. The van der Waals surface area contributed by atoms with Crippen LogP contribution in [0.4, 0.5) is 4.39 Å². The lowest BCUT2D eigenvalue weighted by atomic mass is 10.1. The normalized spacial score (nSPS) is 18.0. The fourth-order valence-corrected chi connectivity index (χ4v) is 4.50. The Kier molecular flexibility index (Phi) is 6.55. The highest BCUT2D eigenvalue weighted by atomic mass is 19.1. The second-order valence-electron chi connectivity index (χ2n) is 8.50. The van der Waals surface area contributed by atoms with Gasteiger partial charge >= 0.3 is 0 Å². The van der Waals surface area contributed by atoms with Crippen LogP contribution in [0.5, 0.6) is 0 Å². The van der Waals surface area contributed by atoms with E-state index in [1.54, 1.807) is 6.07 Å². The molecule has 0 amide bonds. The Labute approximate surface area is 182 Å². The Morgan fingerprint density at radius 1 is 1.10 bits per heavy atom. The molecule has 0 radical (unpaired) electrons. The van der Waals surface area contributed by atoms with Gasteiger partial charge in [0.05, 0.1) is 17.9 Å². The van der Waals surface area contributed by atoms with Crippen LogP contribution in [0.15, 0.2) is 40.8 Å². The van der Waals surface area contributed by atoms with E-state index < -0.39 is 0 Å². The van der Waals surface area contributed by atoms with E-state index in [-0.39, 0.29) is 18.5 Å². The van der Waals surface area contributed by atoms with Crippen LogP contribution in [-0.2, 0) is 13.1 Å². The third kappa shape index (κ3) is 5.06. The van der Waals surface area contributed by atoms with Crippen LogP contribution in [0.25, 0.3) is 5.69 Å². The predicted molar refractivity (Wildman–Crippen MR) is 118 cm³/mol. The first-order chi connectivity index (χ1) is 14.9. The summed E-state index contributed by atoms with van der Waals surface area (Å²) in [7, 11) is 0. The van der Waals surface area contributed by atoms with Gasteiger partial charge in [-0.05, 0) is 69.2 Å². The molecule has 1 aromatic carbocycles. The van der Waals surface area contributed by atoms with Gasteiger partial charge in [-0.2, -0.15) is 5.10 Å². The van der Waals surface area contributed by atoms with Gasteiger partial charge in [-0.1, -0.05) is 0 Å². The van der Waals surface area contributed by atoms with Crippen LogP contribution in [-0.4, -0.2) is 57.0 Å². The lowest BCUT2D eigenvalue weighted by molar-refractivity contribution is 0.0454. The number of aryl methyl sites for hydroxylation is 3. The average molecular weight is 427 g/mol. The maximum Gasteiger partial charge on any atom is 0.123 e. The number of halogens is 1. The number of furan rings is 1.